The van der Waals surface area contributed by atoms with E-state index in [4.69, 9.17) is 40.5 Å². The number of rotatable bonds is 20. The number of carbonyl (C=O) groups excluding carboxylic acids is 1. The minimum absolute atomic E-state index is 0.0168. The van der Waals surface area contributed by atoms with Crippen molar-refractivity contribution in [3.05, 3.63) is 139 Å². The highest BCUT2D eigenvalue weighted by molar-refractivity contribution is 6.18. The van der Waals surface area contributed by atoms with Gasteiger partial charge in [-0.25, -0.2) is 4.79 Å². The fourth-order valence-electron chi connectivity index (χ4n) is 10.3. The third kappa shape index (κ3) is 9.38. The number of nitrogens with zero attached hydrogens (tertiary/aromatic N) is 2. The molecule has 6 unspecified atom stereocenters. The number of allylic oxidation sites excluding steroid dienone is 1. The number of halogens is 1. The van der Waals surface area contributed by atoms with Gasteiger partial charge >= 0.3 is 6.09 Å². The fraction of sp³-hybridized carbons (Fsp3) is 0.396. The van der Waals surface area contributed by atoms with E-state index in [-0.39, 0.29) is 63.0 Å². The highest BCUT2D eigenvalue weighted by Crippen LogP contribution is 2.62. The number of amides is 1. The van der Waals surface area contributed by atoms with Crippen molar-refractivity contribution in [3.63, 3.8) is 0 Å². The molecule has 8 rings (SSSR count). The second-order valence-electron chi connectivity index (χ2n) is 16.9. The van der Waals surface area contributed by atoms with E-state index in [9.17, 15) is 15.0 Å². The summed E-state index contributed by atoms with van der Waals surface area (Å²) in [6.07, 6.45) is 8.36. The Balaban J connectivity index is 1.34. The van der Waals surface area contributed by atoms with Crippen molar-refractivity contribution in [3.8, 4) is 17.2 Å². The molecule has 3 aliphatic rings. The standard InChI is InChI=1S/C53H59ClN2O8/c1-3-29-61-53-49(56(52(59)60-30-26-54)35-40-19-13-18-37-15-7-8-20-43(37)40)34-47(55-62-4-2)45-32-39(17-9-11-27-57)44(21-10-12-28-58)50(51(45)53)46-33-42(24-25-48(46)64-53)63-41-23-22-36-14-5-6-16-38(36)31-41/h3,5-8,13-16,18-20,22-25,31-33,39,44,49-51,57-58H,1,4,9-12,17,21,26-30,34-35H2,2H3. The van der Waals surface area contributed by atoms with Crippen LogP contribution in [0.4, 0.5) is 4.79 Å². The average Bonchev–Trinajstić information content (AvgIpc) is 3.32. The van der Waals surface area contributed by atoms with Gasteiger partial charge in [-0.1, -0.05) is 103 Å². The first kappa shape index (κ1) is 45.2. The number of alkyl halides is 1. The molecule has 1 amide bonds. The van der Waals surface area contributed by atoms with Gasteiger partial charge in [-0.3, -0.25) is 4.90 Å². The third-order valence-electron chi connectivity index (χ3n) is 13.0. The highest BCUT2D eigenvalue weighted by Gasteiger charge is 2.65. The van der Waals surface area contributed by atoms with Crippen LogP contribution in [-0.4, -0.2) is 77.7 Å². The molecule has 1 heterocycles. The van der Waals surface area contributed by atoms with Crippen LogP contribution in [-0.2, 0) is 20.9 Å². The SMILES string of the molecule is C=CCOC12Oc3ccc(Oc4ccc5ccccc5c4)cc3C3C(CCCCO)C(CCCCO)C=C(C(=NOCC)CC1N(Cc1cccc4ccccc14)C(=O)OCCCl)C32. The Hall–Kier alpha value is -5.39. The second-order valence-corrected chi connectivity index (χ2v) is 17.2. The van der Waals surface area contributed by atoms with Crippen LogP contribution in [0.25, 0.3) is 21.5 Å². The van der Waals surface area contributed by atoms with Gasteiger partial charge in [0.15, 0.2) is 0 Å². The molecular formula is C53H59ClN2O8. The smallest absolute Gasteiger partial charge is 0.410 e. The van der Waals surface area contributed by atoms with Gasteiger partial charge in [-0.2, -0.15) is 0 Å². The molecule has 6 atom stereocenters. The van der Waals surface area contributed by atoms with Crippen LogP contribution in [0.3, 0.4) is 0 Å². The maximum absolute atomic E-state index is 14.8. The molecule has 5 aromatic rings. The summed E-state index contributed by atoms with van der Waals surface area (Å²) >= 11 is 6.16. The summed E-state index contributed by atoms with van der Waals surface area (Å²) < 4.78 is 27.2. The van der Waals surface area contributed by atoms with E-state index in [1.54, 1.807) is 11.0 Å². The Morgan fingerprint density at radius 1 is 0.906 bits per heavy atom. The summed E-state index contributed by atoms with van der Waals surface area (Å²) in [6, 6.07) is 33.8. The summed E-state index contributed by atoms with van der Waals surface area (Å²) in [4.78, 5) is 22.4. The van der Waals surface area contributed by atoms with Crippen molar-refractivity contribution in [1.29, 1.82) is 0 Å². The lowest BCUT2D eigenvalue weighted by molar-refractivity contribution is -0.256. The molecule has 1 aliphatic heterocycles. The summed E-state index contributed by atoms with van der Waals surface area (Å²) in [5, 5.41) is 29.1. The summed E-state index contributed by atoms with van der Waals surface area (Å²) in [5.41, 5.74) is 3.57. The minimum atomic E-state index is -1.46. The van der Waals surface area contributed by atoms with E-state index >= 15 is 0 Å². The van der Waals surface area contributed by atoms with E-state index in [1.165, 1.54) is 0 Å². The molecule has 64 heavy (non-hydrogen) atoms. The number of aliphatic hydroxyl groups excluding tert-OH is 2. The maximum atomic E-state index is 14.8. The molecule has 0 saturated heterocycles. The molecule has 1 fully saturated rings. The molecule has 10 nitrogen and oxygen atoms in total. The van der Waals surface area contributed by atoms with Gasteiger partial charge in [0.25, 0.3) is 0 Å². The Labute approximate surface area is 381 Å². The van der Waals surface area contributed by atoms with E-state index < -0.39 is 23.8 Å². The van der Waals surface area contributed by atoms with Gasteiger partial charge in [0.2, 0.25) is 5.79 Å². The Morgan fingerprint density at radius 2 is 1.64 bits per heavy atom. The number of oxime groups is 1. The van der Waals surface area contributed by atoms with Crippen molar-refractivity contribution in [1.82, 2.24) is 4.90 Å². The number of carbonyl (C=O) groups is 1. The van der Waals surface area contributed by atoms with Crippen LogP contribution in [0.2, 0.25) is 0 Å². The quantitative estimate of drug-likeness (QED) is 0.0343. The van der Waals surface area contributed by atoms with Gasteiger partial charge in [0.05, 0.1) is 30.7 Å². The first-order valence-electron chi connectivity index (χ1n) is 22.8. The molecule has 0 aromatic heterocycles. The Bertz CT molecular complexity index is 2470. The first-order chi connectivity index (χ1) is 31.4. The van der Waals surface area contributed by atoms with Crippen LogP contribution >= 0.6 is 11.6 Å². The lowest BCUT2D eigenvalue weighted by atomic mass is 9.55. The van der Waals surface area contributed by atoms with Crippen molar-refractivity contribution >= 4 is 45.0 Å². The third-order valence-corrected chi connectivity index (χ3v) is 13.2. The Morgan fingerprint density at radius 3 is 2.42 bits per heavy atom. The number of hydrogen-bond donors (Lipinski definition) is 2. The molecule has 5 aromatic carbocycles. The van der Waals surface area contributed by atoms with Gasteiger partial charge < -0.3 is 34.0 Å². The van der Waals surface area contributed by atoms with Gasteiger partial charge in [0, 0.05) is 31.1 Å². The van der Waals surface area contributed by atoms with E-state index in [2.05, 4.69) is 55.1 Å². The molecule has 11 heteroatoms. The Kier molecular flexibility index (Phi) is 14.9. The van der Waals surface area contributed by atoms with E-state index in [1.807, 2.05) is 67.6 Å². The van der Waals surface area contributed by atoms with E-state index in [0.29, 0.717) is 42.4 Å². The van der Waals surface area contributed by atoms with Crippen molar-refractivity contribution in [2.24, 2.45) is 22.9 Å². The summed E-state index contributed by atoms with van der Waals surface area (Å²) in [6.45, 7) is 6.86. The lowest BCUT2D eigenvalue weighted by Gasteiger charge is -2.59. The fourth-order valence-corrected chi connectivity index (χ4v) is 10.4. The number of benzene rings is 5. The zero-order valence-corrected chi connectivity index (χ0v) is 37.3. The first-order valence-corrected chi connectivity index (χ1v) is 23.3. The van der Waals surface area contributed by atoms with E-state index in [0.717, 1.165) is 63.9 Å². The van der Waals surface area contributed by atoms with Crippen LogP contribution in [0.15, 0.2) is 133 Å². The van der Waals surface area contributed by atoms with Crippen molar-refractivity contribution < 1.29 is 38.8 Å². The predicted octanol–water partition coefficient (Wildman–Crippen LogP) is 11.3. The van der Waals surface area contributed by atoms with Crippen molar-refractivity contribution in [2.75, 3.05) is 38.9 Å². The largest absolute Gasteiger partial charge is 0.459 e. The van der Waals surface area contributed by atoms with Gasteiger partial charge in [0.1, 0.15) is 36.5 Å². The molecule has 2 aliphatic carbocycles. The zero-order valence-electron chi connectivity index (χ0n) is 36.6. The van der Waals surface area contributed by atoms with Crippen LogP contribution in [0, 0.1) is 17.8 Å². The number of fused-ring (bicyclic) bond motifs is 4. The number of ether oxygens (including phenoxy) is 4. The summed E-state index contributed by atoms with van der Waals surface area (Å²) in [7, 11) is 0. The molecule has 0 bridgehead atoms. The molecule has 336 valence electrons. The normalized spacial score (nSPS) is 22.8. The molecule has 0 spiro atoms. The van der Waals surface area contributed by atoms with Crippen LogP contribution in [0.1, 0.15) is 68.9 Å². The second kappa shape index (κ2) is 21.1. The number of aliphatic hydroxyl groups is 2. The molecule has 2 N–H and O–H groups in total. The number of hydrogen-bond acceptors (Lipinski definition) is 9. The molecular weight excluding hydrogens is 828 g/mol. The van der Waals surface area contributed by atoms with Crippen molar-refractivity contribution in [2.45, 2.75) is 76.2 Å². The zero-order chi connectivity index (χ0) is 44.5. The van der Waals surface area contributed by atoms with Gasteiger partial charge in [-0.15, -0.1) is 18.2 Å². The maximum Gasteiger partial charge on any atom is 0.410 e. The topological polar surface area (TPSA) is 119 Å². The van der Waals surface area contributed by atoms with Gasteiger partial charge in [-0.05, 0) is 107 Å². The predicted molar refractivity (Wildman–Crippen MR) is 252 cm³/mol. The summed E-state index contributed by atoms with van der Waals surface area (Å²) in [5.74, 6) is 0.103. The molecule has 0 radical (unpaired) electrons. The van der Waals surface area contributed by atoms with Crippen LogP contribution in [0.5, 0.6) is 17.2 Å². The van der Waals surface area contributed by atoms with Crippen LogP contribution < -0.4 is 9.47 Å². The minimum Gasteiger partial charge on any atom is -0.459 e. The molecule has 1 saturated carbocycles. The average molecular weight is 888 g/mol. The highest BCUT2D eigenvalue weighted by atomic mass is 35.5. The monoisotopic (exact) mass is 886 g/mol. The number of unbranched alkanes of at least 4 members (excludes halogenated alkanes) is 2. The lowest BCUT2D eigenvalue weighted by Crippen LogP contribution is -2.70.